The Balaban J connectivity index is 1.82. The maximum absolute atomic E-state index is 12.1. The van der Waals surface area contributed by atoms with Crippen molar-refractivity contribution in [1.29, 1.82) is 0 Å². The first-order valence-electron chi connectivity index (χ1n) is 6.89. The fraction of sp³-hybridized carbons (Fsp3) is 0.188. The third-order valence-electron chi connectivity index (χ3n) is 3.15. The van der Waals surface area contributed by atoms with Crippen molar-refractivity contribution in [2.75, 3.05) is 19.3 Å². The molecule has 2 rings (SSSR count). The molecule has 122 valence electrons. The SMILES string of the molecule is CN(Cc1ccccc1)C(=O)CNSc1cc(Cl)c(N)c(Cl)c1. The van der Waals surface area contributed by atoms with E-state index >= 15 is 0 Å². The second-order valence-corrected chi connectivity index (χ2v) is 6.74. The van der Waals surface area contributed by atoms with Gasteiger partial charge in [0, 0.05) is 18.5 Å². The number of carbonyl (C=O) groups is 1. The van der Waals surface area contributed by atoms with Crippen molar-refractivity contribution in [1.82, 2.24) is 9.62 Å². The highest BCUT2D eigenvalue weighted by atomic mass is 35.5. The Morgan fingerprint density at radius 3 is 2.43 bits per heavy atom. The van der Waals surface area contributed by atoms with Gasteiger partial charge in [-0.25, -0.2) is 0 Å². The summed E-state index contributed by atoms with van der Waals surface area (Å²) in [6, 6.07) is 13.3. The number of nitrogens with two attached hydrogens (primary N) is 1. The van der Waals surface area contributed by atoms with Gasteiger partial charge in [0.25, 0.3) is 0 Å². The lowest BCUT2D eigenvalue weighted by molar-refractivity contribution is -0.129. The molecule has 0 unspecified atom stereocenters. The van der Waals surface area contributed by atoms with E-state index in [1.807, 2.05) is 30.3 Å². The molecule has 0 radical (unpaired) electrons. The number of likely N-dealkylation sites (N-methyl/N-ethyl adjacent to an activating group) is 1. The Morgan fingerprint density at radius 1 is 1.22 bits per heavy atom. The summed E-state index contributed by atoms with van der Waals surface area (Å²) in [5.41, 5.74) is 7.13. The molecular formula is C16H17Cl2N3OS. The molecule has 0 aliphatic carbocycles. The van der Waals surface area contributed by atoms with Crippen molar-refractivity contribution in [2.45, 2.75) is 11.4 Å². The summed E-state index contributed by atoms with van der Waals surface area (Å²) in [5, 5.41) is 0.795. The van der Waals surface area contributed by atoms with Crippen molar-refractivity contribution in [3.05, 3.63) is 58.1 Å². The summed E-state index contributed by atoms with van der Waals surface area (Å²) in [6.45, 7) is 0.777. The quantitative estimate of drug-likeness (QED) is 0.599. The van der Waals surface area contributed by atoms with Crippen LogP contribution in [0.5, 0.6) is 0 Å². The van der Waals surface area contributed by atoms with Gasteiger partial charge in [-0.05, 0) is 29.6 Å². The monoisotopic (exact) mass is 369 g/mol. The number of halogens is 2. The number of anilines is 1. The first-order chi connectivity index (χ1) is 11.0. The Labute approximate surface area is 150 Å². The summed E-state index contributed by atoms with van der Waals surface area (Å²) in [6.07, 6.45) is 0. The molecule has 23 heavy (non-hydrogen) atoms. The van der Waals surface area contributed by atoms with Gasteiger partial charge in [-0.15, -0.1) is 0 Å². The molecule has 0 spiro atoms. The van der Waals surface area contributed by atoms with Crippen molar-refractivity contribution in [2.24, 2.45) is 0 Å². The molecule has 0 bridgehead atoms. The van der Waals surface area contributed by atoms with Crippen molar-refractivity contribution < 1.29 is 4.79 Å². The number of amides is 1. The minimum atomic E-state index is -0.00556. The molecule has 7 heteroatoms. The lowest BCUT2D eigenvalue weighted by atomic mass is 10.2. The lowest BCUT2D eigenvalue weighted by Crippen LogP contribution is -2.32. The topological polar surface area (TPSA) is 58.4 Å². The highest BCUT2D eigenvalue weighted by Gasteiger charge is 2.10. The molecule has 0 aliphatic heterocycles. The van der Waals surface area contributed by atoms with E-state index in [1.165, 1.54) is 11.9 Å². The average Bonchev–Trinajstić information content (AvgIpc) is 2.53. The molecule has 4 nitrogen and oxygen atoms in total. The Bertz CT molecular complexity index is 659. The van der Waals surface area contributed by atoms with Gasteiger partial charge < -0.3 is 10.6 Å². The smallest absolute Gasteiger partial charge is 0.237 e. The van der Waals surface area contributed by atoms with Crippen molar-refractivity contribution in [3.63, 3.8) is 0 Å². The number of benzene rings is 2. The van der Waals surface area contributed by atoms with Crippen LogP contribution in [-0.2, 0) is 11.3 Å². The van der Waals surface area contributed by atoms with Gasteiger partial charge in [-0.1, -0.05) is 53.5 Å². The number of rotatable bonds is 6. The molecule has 0 aliphatic rings. The molecule has 0 saturated heterocycles. The molecule has 2 aromatic rings. The predicted molar refractivity (Wildman–Crippen MR) is 97.7 cm³/mol. The van der Waals surface area contributed by atoms with Crippen LogP contribution in [0.3, 0.4) is 0 Å². The van der Waals surface area contributed by atoms with Crippen LogP contribution in [0.15, 0.2) is 47.4 Å². The van der Waals surface area contributed by atoms with Gasteiger partial charge in [-0.3, -0.25) is 9.52 Å². The van der Waals surface area contributed by atoms with Gasteiger partial charge in [0.2, 0.25) is 5.91 Å². The van der Waals surface area contributed by atoms with Crippen LogP contribution in [0.1, 0.15) is 5.56 Å². The first kappa shape index (κ1) is 17.9. The molecule has 0 atom stereocenters. The maximum Gasteiger partial charge on any atom is 0.237 e. The lowest BCUT2D eigenvalue weighted by Gasteiger charge is -2.17. The molecule has 0 heterocycles. The maximum atomic E-state index is 12.1. The highest BCUT2D eigenvalue weighted by molar-refractivity contribution is 7.97. The largest absolute Gasteiger partial charge is 0.396 e. The summed E-state index contributed by atoms with van der Waals surface area (Å²) >= 11 is 13.2. The second-order valence-electron chi connectivity index (χ2n) is 4.96. The molecule has 0 aromatic heterocycles. The summed E-state index contributed by atoms with van der Waals surface area (Å²) in [4.78, 5) is 14.6. The molecule has 3 N–H and O–H groups in total. The van der Waals surface area contributed by atoms with E-state index in [2.05, 4.69) is 4.72 Å². The van der Waals surface area contributed by atoms with E-state index in [9.17, 15) is 4.79 Å². The zero-order valence-corrected chi connectivity index (χ0v) is 14.9. The number of carbonyl (C=O) groups excluding carboxylic acids is 1. The highest BCUT2D eigenvalue weighted by Crippen LogP contribution is 2.32. The standard InChI is InChI=1S/C16H17Cl2N3OS/c1-21(10-11-5-3-2-4-6-11)15(22)9-20-23-12-7-13(17)16(19)14(18)8-12/h2-8,20H,9-10,19H2,1H3. The summed E-state index contributed by atoms with van der Waals surface area (Å²) in [5.74, 6) is -0.00556. The molecule has 1 amide bonds. The number of nitrogens with zero attached hydrogens (tertiary/aromatic N) is 1. The van der Waals surface area contributed by atoms with Crippen LogP contribution in [0, 0.1) is 0 Å². The van der Waals surface area contributed by atoms with Gasteiger partial charge in [0.05, 0.1) is 22.3 Å². The fourth-order valence-electron chi connectivity index (χ4n) is 1.88. The van der Waals surface area contributed by atoms with E-state index in [0.29, 0.717) is 22.3 Å². The fourth-order valence-corrected chi connectivity index (χ4v) is 3.21. The van der Waals surface area contributed by atoms with E-state index < -0.39 is 0 Å². The van der Waals surface area contributed by atoms with E-state index in [-0.39, 0.29) is 12.5 Å². The van der Waals surface area contributed by atoms with Gasteiger partial charge in [-0.2, -0.15) is 0 Å². The number of hydrogen-bond acceptors (Lipinski definition) is 4. The molecule has 0 fully saturated rings. The zero-order valence-electron chi connectivity index (χ0n) is 12.6. The van der Waals surface area contributed by atoms with Crippen LogP contribution < -0.4 is 10.5 Å². The average molecular weight is 370 g/mol. The van der Waals surface area contributed by atoms with Crippen LogP contribution in [0.2, 0.25) is 10.0 Å². The first-order valence-corrected chi connectivity index (χ1v) is 8.46. The molecule has 0 saturated carbocycles. The van der Waals surface area contributed by atoms with Gasteiger partial charge >= 0.3 is 0 Å². The van der Waals surface area contributed by atoms with Crippen LogP contribution >= 0.6 is 35.1 Å². The Morgan fingerprint density at radius 2 is 1.83 bits per heavy atom. The van der Waals surface area contributed by atoms with Crippen molar-refractivity contribution >= 4 is 46.7 Å². The minimum absolute atomic E-state index is 0.00556. The summed E-state index contributed by atoms with van der Waals surface area (Å²) < 4.78 is 3.01. The normalized spacial score (nSPS) is 10.6. The Hall–Kier alpha value is -1.40. The third kappa shape index (κ3) is 5.32. The van der Waals surface area contributed by atoms with Gasteiger partial charge in [0.15, 0.2) is 0 Å². The number of hydrogen-bond donors (Lipinski definition) is 2. The third-order valence-corrected chi connectivity index (χ3v) is 4.54. The van der Waals surface area contributed by atoms with Gasteiger partial charge in [0.1, 0.15) is 0 Å². The minimum Gasteiger partial charge on any atom is -0.396 e. The second kappa shape index (κ2) is 8.45. The predicted octanol–water partition coefficient (Wildman–Crippen LogP) is 3.83. The van der Waals surface area contributed by atoms with E-state index in [1.54, 1.807) is 24.1 Å². The van der Waals surface area contributed by atoms with Crippen molar-refractivity contribution in [3.8, 4) is 0 Å². The van der Waals surface area contributed by atoms with E-state index in [4.69, 9.17) is 28.9 Å². The zero-order chi connectivity index (χ0) is 16.8. The molecular weight excluding hydrogens is 353 g/mol. The number of nitrogen functional groups attached to an aromatic ring is 1. The Kier molecular flexibility index (Phi) is 6.59. The van der Waals surface area contributed by atoms with Crippen LogP contribution in [0.4, 0.5) is 5.69 Å². The summed E-state index contributed by atoms with van der Waals surface area (Å²) in [7, 11) is 1.78. The molecule has 2 aromatic carbocycles. The van der Waals surface area contributed by atoms with Crippen LogP contribution in [0.25, 0.3) is 0 Å². The van der Waals surface area contributed by atoms with E-state index in [0.717, 1.165) is 10.5 Å². The van der Waals surface area contributed by atoms with Crippen LogP contribution in [-0.4, -0.2) is 24.4 Å². The number of nitrogens with one attached hydrogen (secondary N) is 1.